The number of nitrogens with zero attached hydrogens (tertiary/aromatic N) is 2. The van der Waals surface area contributed by atoms with Crippen LogP contribution in [0.25, 0.3) is 20.8 Å². The Morgan fingerprint density at radius 2 is 1.70 bits per heavy atom. The maximum Gasteiger partial charge on any atom is 0.146 e. The summed E-state index contributed by atoms with van der Waals surface area (Å²) in [6, 6.07) is 12.9. The van der Waals surface area contributed by atoms with E-state index < -0.39 is 0 Å². The summed E-state index contributed by atoms with van der Waals surface area (Å²) in [5.74, 6) is 2.60. The van der Waals surface area contributed by atoms with Gasteiger partial charge < -0.3 is 14.2 Å². The second kappa shape index (κ2) is 7.42. The van der Waals surface area contributed by atoms with E-state index in [0.29, 0.717) is 22.3 Å². The highest BCUT2D eigenvalue weighted by molar-refractivity contribution is 7.21. The molecule has 0 aliphatic rings. The maximum atomic E-state index is 6.31. The number of fused-ring (bicyclic) bond motifs is 1. The molecule has 0 radical (unpaired) electrons. The molecule has 0 unspecified atom stereocenters. The van der Waals surface area contributed by atoms with E-state index in [-0.39, 0.29) is 0 Å². The van der Waals surface area contributed by atoms with Crippen LogP contribution in [0.5, 0.6) is 23.0 Å². The quantitative estimate of drug-likeness (QED) is 0.424. The van der Waals surface area contributed by atoms with E-state index in [2.05, 4.69) is 4.98 Å². The van der Waals surface area contributed by atoms with Crippen LogP contribution in [0.2, 0.25) is 5.02 Å². The number of halogens is 1. The van der Waals surface area contributed by atoms with Crippen molar-refractivity contribution in [1.29, 1.82) is 0 Å². The van der Waals surface area contributed by atoms with Crippen molar-refractivity contribution in [3.05, 3.63) is 59.9 Å². The topological polar surface area (TPSA) is 53.5 Å². The highest BCUT2D eigenvalue weighted by Crippen LogP contribution is 2.39. The molecular weight excluding hydrogens is 384 g/mol. The van der Waals surface area contributed by atoms with Gasteiger partial charge in [0.2, 0.25) is 0 Å². The van der Waals surface area contributed by atoms with Gasteiger partial charge in [0.25, 0.3) is 0 Å². The lowest BCUT2D eigenvalue weighted by Crippen LogP contribution is -1.91. The fourth-order valence-corrected chi connectivity index (χ4v) is 3.76. The number of ether oxygens (including phenoxy) is 3. The molecule has 2 aromatic heterocycles. The predicted molar refractivity (Wildman–Crippen MR) is 107 cm³/mol. The van der Waals surface area contributed by atoms with Gasteiger partial charge in [0.1, 0.15) is 28.0 Å². The van der Waals surface area contributed by atoms with Crippen molar-refractivity contribution >= 4 is 33.2 Å². The molecule has 0 bridgehead atoms. The number of aromatic nitrogens is 2. The Morgan fingerprint density at radius 3 is 2.48 bits per heavy atom. The molecule has 2 aromatic carbocycles. The van der Waals surface area contributed by atoms with Crippen LogP contribution in [0.3, 0.4) is 0 Å². The Labute approximate surface area is 165 Å². The van der Waals surface area contributed by atoms with Gasteiger partial charge in [0, 0.05) is 24.5 Å². The van der Waals surface area contributed by atoms with E-state index in [4.69, 9.17) is 30.8 Å². The van der Waals surface area contributed by atoms with Crippen molar-refractivity contribution in [2.75, 3.05) is 14.2 Å². The molecule has 2 heterocycles. The average Bonchev–Trinajstić information content (AvgIpc) is 3.12. The highest BCUT2D eigenvalue weighted by Gasteiger charge is 2.14. The number of thiazole rings is 1. The van der Waals surface area contributed by atoms with Crippen LogP contribution < -0.4 is 14.2 Å². The van der Waals surface area contributed by atoms with Crippen molar-refractivity contribution in [3.8, 4) is 33.6 Å². The standard InChI is InChI=1S/C20H15ClN2O3S/c1-24-12-3-5-18(15(21)9-12)26-17-7-8-22-11-14(17)20-23-16-10-13(25-2)4-6-19(16)27-20/h3-11H,1-2H3. The zero-order valence-corrected chi connectivity index (χ0v) is 16.2. The van der Waals surface area contributed by atoms with Gasteiger partial charge in [-0.15, -0.1) is 11.3 Å². The average molecular weight is 399 g/mol. The summed E-state index contributed by atoms with van der Waals surface area (Å²) in [6.07, 6.45) is 3.41. The first kappa shape index (κ1) is 17.6. The molecule has 0 spiro atoms. The molecule has 4 aromatic rings. The van der Waals surface area contributed by atoms with E-state index in [0.717, 1.165) is 26.5 Å². The number of hydrogen-bond acceptors (Lipinski definition) is 6. The van der Waals surface area contributed by atoms with Crippen LogP contribution in [0.15, 0.2) is 54.9 Å². The Hall–Kier alpha value is -2.83. The monoisotopic (exact) mass is 398 g/mol. The second-order valence-corrected chi connectivity index (χ2v) is 7.06. The van der Waals surface area contributed by atoms with Crippen LogP contribution in [-0.4, -0.2) is 24.2 Å². The van der Waals surface area contributed by atoms with Crippen molar-refractivity contribution in [1.82, 2.24) is 9.97 Å². The molecule has 0 aliphatic carbocycles. The number of pyridine rings is 1. The molecule has 7 heteroatoms. The fraction of sp³-hybridized carbons (Fsp3) is 0.100. The smallest absolute Gasteiger partial charge is 0.146 e. The lowest BCUT2D eigenvalue weighted by molar-refractivity contribution is 0.413. The molecule has 4 rings (SSSR count). The van der Waals surface area contributed by atoms with Crippen molar-refractivity contribution in [3.63, 3.8) is 0 Å². The first-order valence-electron chi connectivity index (χ1n) is 8.08. The van der Waals surface area contributed by atoms with Gasteiger partial charge in [-0.25, -0.2) is 4.98 Å². The number of methoxy groups -OCH3 is 2. The third-order valence-electron chi connectivity index (χ3n) is 3.97. The van der Waals surface area contributed by atoms with Crippen LogP contribution in [-0.2, 0) is 0 Å². The lowest BCUT2D eigenvalue weighted by atomic mass is 10.2. The van der Waals surface area contributed by atoms with Crippen molar-refractivity contribution < 1.29 is 14.2 Å². The van der Waals surface area contributed by atoms with Crippen molar-refractivity contribution in [2.24, 2.45) is 0 Å². The second-order valence-electron chi connectivity index (χ2n) is 5.62. The molecule has 0 aliphatic heterocycles. The molecule has 0 N–H and O–H groups in total. The third-order valence-corrected chi connectivity index (χ3v) is 5.33. The molecule has 0 saturated heterocycles. The number of hydrogen-bond donors (Lipinski definition) is 0. The summed E-state index contributed by atoms with van der Waals surface area (Å²) >= 11 is 7.87. The summed E-state index contributed by atoms with van der Waals surface area (Å²) in [5.41, 5.74) is 1.66. The molecular formula is C20H15ClN2O3S. The summed E-state index contributed by atoms with van der Waals surface area (Å²) < 4.78 is 17.6. The molecule has 0 atom stereocenters. The summed E-state index contributed by atoms with van der Waals surface area (Å²) in [5, 5.41) is 1.28. The zero-order valence-electron chi connectivity index (χ0n) is 14.6. The molecule has 0 amide bonds. The Morgan fingerprint density at radius 1 is 0.926 bits per heavy atom. The minimum Gasteiger partial charge on any atom is -0.497 e. The van der Waals surface area contributed by atoms with Crippen LogP contribution in [0.1, 0.15) is 0 Å². The maximum absolute atomic E-state index is 6.31. The molecule has 5 nitrogen and oxygen atoms in total. The number of benzene rings is 2. The summed E-state index contributed by atoms with van der Waals surface area (Å²) in [6.45, 7) is 0. The Bertz CT molecular complexity index is 1110. The van der Waals surface area contributed by atoms with E-state index in [1.54, 1.807) is 62.2 Å². The van der Waals surface area contributed by atoms with Crippen molar-refractivity contribution in [2.45, 2.75) is 0 Å². The summed E-state index contributed by atoms with van der Waals surface area (Å²) in [7, 11) is 3.23. The van der Waals surface area contributed by atoms with Gasteiger partial charge in [-0.1, -0.05) is 11.6 Å². The summed E-state index contributed by atoms with van der Waals surface area (Å²) in [4.78, 5) is 8.94. The molecule has 0 saturated carbocycles. The SMILES string of the molecule is COc1ccc(Oc2ccncc2-c2nc3cc(OC)ccc3s2)c(Cl)c1. The lowest BCUT2D eigenvalue weighted by Gasteiger charge is -2.11. The van der Waals surface area contributed by atoms with Crippen LogP contribution >= 0.6 is 22.9 Å². The van der Waals surface area contributed by atoms with Gasteiger partial charge in [0.05, 0.1) is 35.0 Å². The fourth-order valence-electron chi connectivity index (χ4n) is 2.59. The first-order valence-corrected chi connectivity index (χ1v) is 9.28. The third kappa shape index (κ3) is 3.54. The molecule has 136 valence electrons. The van der Waals surface area contributed by atoms with E-state index >= 15 is 0 Å². The van der Waals surface area contributed by atoms with Crippen LogP contribution in [0.4, 0.5) is 0 Å². The van der Waals surface area contributed by atoms with Crippen LogP contribution in [0, 0.1) is 0 Å². The predicted octanol–water partition coefficient (Wildman–Crippen LogP) is 5.82. The van der Waals surface area contributed by atoms with Gasteiger partial charge >= 0.3 is 0 Å². The normalized spacial score (nSPS) is 10.8. The Balaban J connectivity index is 1.73. The van der Waals surface area contributed by atoms with E-state index in [9.17, 15) is 0 Å². The minimum atomic E-state index is 0.464. The number of rotatable bonds is 5. The Kier molecular flexibility index (Phi) is 4.83. The van der Waals surface area contributed by atoms with Gasteiger partial charge in [-0.2, -0.15) is 0 Å². The van der Waals surface area contributed by atoms with Gasteiger partial charge in [-0.05, 0) is 30.3 Å². The zero-order chi connectivity index (χ0) is 18.8. The van der Waals surface area contributed by atoms with E-state index in [1.165, 1.54) is 0 Å². The largest absolute Gasteiger partial charge is 0.497 e. The molecule has 0 fully saturated rings. The highest BCUT2D eigenvalue weighted by atomic mass is 35.5. The minimum absolute atomic E-state index is 0.464. The van der Waals surface area contributed by atoms with E-state index in [1.807, 2.05) is 18.2 Å². The van der Waals surface area contributed by atoms with Gasteiger partial charge in [-0.3, -0.25) is 4.98 Å². The van der Waals surface area contributed by atoms with Gasteiger partial charge in [0.15, 0.2) is 0 Å². The molecule has 27 heavy (non-hydrogen) atoms. The first-order chi connectivity index (χ1) is 13.2.